The van der Waals surface area contributed by atoms with Gasteiger partial charge in [0.1, 0.15) is 24.2 Å². The van der Waals surface area contributed by atoms with E-state index in [4.69, 9.17) is 9.26 Å². The van der Waals surface area contributed by atoms with Gasteiger partial charge in [-0.15, -0.1) is 0 Å². The molecule has 1 aliphatic heterocycles. The number of nitrogens with zero attached hydrogens (tertiary/aromatic N) is 3. The number of hydrogen-bond acceptors (Lipinski definition) is 7. The zero-order valence-corrected chi connectivity index (χ0v) is 17.1. The van der Waals surface area contributed by atoms with Crippen molar-refractivity contribution in [2.45, 2.75) is 26.4 Å². The molecule has 0 bridgehead atoms. The summed E-state index contributed by atoms with van der Waals surface area (Å²) in [6, 6.07) is 9.66. The molecule has 2 aromatic rings. The van der Waals surface area contributed by atoms with Gasteiger partial charge >= 0.3 is 0 Å². The Morgan fingerprint density at radius 2 is 1.93 bits per heavy atom. The lowest BCUT2D eigenvalue weighted by Gasteiger charge is -2.35. The molecule has 8 nitrogen and oxygen atoms in total. The molecule has 1 aromatic carbocycles. The summed E-state index contributed by atoms with van der Waals surface area (Å²) >= 11 is 0. The molecule has 3 rings (SSSR count). The van der Waals surface area contributed by atoms with Crippen molar-refractivity contribution in [1.29, 1.82) is 0 Å². The third-order valence-corrected chi connectivity index (χ3v) is 4.97. The van der Waals surface area contributed by atoms with E-state index >= 15 is 0 Å². The summed E-state index contributed by atoms with van der Waals surface area (Å²) in [4.78, 5) is 16.4. The number of aliphatic hydroxyl groups excluding tert-OH is 1. The first-order valence-corrected chi connectivity index (χ1v) is 10.1. The zero-order chi connectivity index (χ0) is 20.6. The Morgan fingerprint density at radius 3 is 2.55 bits per heavy atom. The fourth-order valence-corrected chi connectivity index (χ4v) is 3.31. The summed E-state index contributed by atoms with van der Waals surface area (Å²) in [7, 11) is 0. The normalized spacial score (nSPS) is 16.5. The number of anilines is 1. The number of ether oxygens (including phenoxy) is 1. The van der Waals surface area contributed by atoms with Gasteiger partial charge in [-0.25, -0.2) is 0 Å². The molecular formula is C21H30N4O4. The number of piperazine rings is 1. The van der Waals surface area contributed by atoms with Crippen LogP contribution >= 0.6 is 0 Å². The van der Waals surface area contributed by atoms with E-state index in [2.05, 4.69) is 27.2 Å². The number of aryl methyl sites for hydroxylation is 2. The minimum absolute atomic E-state index is 0.103. The molecule has 2 N–H and O–H groups in total. The highest BCUT2D eigenvalue weighted by Gasteiger charge is 2.21. The van der Waals surface area contributed by atoms with Gasteiger partial charge in [-0.05, 0) is 31.0 Å². The Bertz CT molecular complexity index is 769. The molecule has 29 heavy (non-hydrogen) atoms. The minimum Gasteiger partial charge on any atom is -0.491 e. The summed E-state index contributed by atoms with van der Waals surface area (Å²) in [5, 5.41) is 16.8. The van der Waals surface area contributed by atoms with Crippen LogP contribution in [0.25, 0.3) is 0 Å². The van der Waals surface area contributed by atoms with E-state index in [9.17, 15) is 9.90 Å². The first-order chi connectivity index (χ1) is 14.0. The molecule has 0 aliphatic carbocycles. The first kappa shape index (κ1) is 21.3. The van der Waals surface area contributed by atoms with Gasteiger partial charge in [0.15, 0.2) is 5.82 Å². The van der Waals surface area contributed by atoms with E-state index in [-0.39, 0.29) is 12.5 Å². The summed E-state index contributed by atoms with van der Waals surface area (Å²) in [6.45, 7) is 8.20. The highest BCUT2D eigenvalue weighted by atomic mass is 16.5. The van der Waals surface area contributed by atoms with Crippen molar-refractivity contribution in [2.24, 2.45) is 0 Å². The molecule has 0 saturated carbocycles. The molecule has 2 heterocycles. The molecule has 1 saturated heterocycles. The SMILES string of the molecule is CCc1ccc(OCC(O)CN2CCN(CC(=O)Nc3cc(C)on3)CC2)cc1. The standard InChI is InChI=1S/C21H30N4O4/c1-3-17-4-6-19(7-5-17)28-15-18(26)13-24-8-10-25(11-9-24)14-21(27)22-20-12-16(2)29-23-20/h4-7,12,18,26H,3,8-11,13-15H2,1-2H3,(H,22,23,27). The molecule has 1 amide bonds. The lowest BCUT2D eigenvalue weighted by molar-refractivity contribution is -0.117. The van der Waals surface area contributed by atoms with Crippen LogP contribution in [0.5, 0.6) is 5.75 Å². The van der Waals surface area contributed by atoms with E-state index in [0.29, 0.717) is 24.7 Å². The van der Waals surface area contributed by atoms with Crippen LogP contribution in [0.1, 0.15) is 18.2 Å². The number of aromatic nitrogens is 1. The minimum atomic E-state index is -0.550. The number of amides is 1. The third kappa shape index (κ3) is 6.85. The van der Waals surface area contributed by atoms with Gasteiger partial charge in [0.2, 0.25) is 5.91 Å². The molecule has 1 fully saturated rings. The number of hydrogen-bond donors (Lipinski definition) is 2. The fraction of sp³-hybridized carbons (Fsp3) is 0.524. The van der Waals surface area contributed by atoms with Gasteiger partial charge in [-0.1, -0.05) is 24.2 Å². The largest absolute Gasteiger partial charge is 0.491 e. The number of carbonyl (C=O) groups is 1. The van der Waals surface area contributed by atoms with Crippen LogP contribution in [0.15, 0.2) is 34.9 Å². The van der Waals surface area contributed by atoms with E-state index in [0.717, 1.165) is 38.3 Å². The second-order valence-corrected chi connectivity index (χ2v) is 7.41. The average molecular weight is 402 g/mol. The van der Waals surface area contributed by atoms with Crippen LogP contribution in [-0.4, -0.2) is 77.9 Å². The molecule has 158 valence electrons. The lowest BCUT2D eigenvalue weighted by atomic mass is 10.2. The van der Waals surface area contributed by atoms with Crippen LogP contribution < -0.4 is 10.1 Å². The predicted molar refractivity (Wildman–Crippen MR) is 110 cm³/mol. The Balaban J connectivity index is 1.32. The highest BCUT2D eigenvalue weighted by molar-refractivity contribution is 5.91. The van der Waals surface area contributed by atoms with Crippen LogP contribution in [0.2, 0.25) is 0 Å². The second-order valence-electron chi connectivity index (χ2n) is 7.41. The Labute approximate surface area is 171 Å². The van der Waals surface area contributed by atoms with Crippen molar-refractivity contribution < 1.29 is 19.2 Å². The monoisotopic (exact) mass is 402 g/mol. The number of nitrogens with one attached hydrogen (secondary N) is 1. The predicted octanol–water partition coefficient (Wildman–Crippen LogP) is 1.54. The van der Waals surface area contributed by atoms with E-state index < -0.39 is 6.10 Å². The Hall–Kier alpha value is -2.42. The molecule has 1 unspecified atom stereocenters. The molecule has 0 radical (unpaired) electrons. The van der Waals surface area contributed by atoms with E-state index in [1.165, 1.54) is 5.56 Å². The second kappa shape index (κ2) is 10.4. The van der Waals surface area contributed by atoms with Crippen molar-refractivity contribution in [1.82, 2.24) is 15.0 Å². The number of rotatable bonds is 9. The van der Waals surface area contributed by atoms with Crippen LogP contribution in [0.4, 0.5) is 5.82 Å². The summed E-state index contributed by atoms with van der Waals surface area (Å²) in [5.41, 5.74) is 1.26. The molecule has 8 heteroatoms. The maximum atomic E-state index is 12.1. The van der Waals surface area contributed by atoms with Crippen LogP contribution in [-0.2, 0) is 11.2 Å². The van der Waals surface area contributed by atoms with Gasteiger partial charge in [0, 0.05) is 38.8 Å². The van der Waals surface area contributed by atoms with Gasteiger partial charge in [-0.3, -0.25) is 14.6 Å². The van der Waals surface area contributed by atoms with Gasteiger partial charge < -0.3 is 19.7 Å². The van der Waals surface area contributed by atoms with Crippen molar-refractivity contribution in [2.75, 3.05) is 51.2 Å². The molecule has 1 atom stereocenters. The summed E-state index contributed by atoms with van der Waals surface area (Å²) in [6.07, 6.45) is 0.447. The molecule has 1 aliphatic rings. The van der Waals surface area contributed by atoms with Gasteiger partial charge in [-0.2, -0.15) is 0 Å². The quantitative estimate of drug-likeness (QED) is 0.657. The molecular weight excluding hydrogens is 372 g/mol. The number of carbonyl (C=O) groups excluding carboxylic acids is 1. The van der Waals surface area contributed by atoms with Gasteiger partial charge in [0.25, 0.3) is 0 Å². The van der Waals surface area contributed by atoms with Crippen LogP contribution in [0.3, 0.4) is 0 Å². The lowest BCUT2D eigenvalue weighted by Crippen LogP contribution is -2.50. The zero-order valence-electron chi connectivity index (χ0n) is 17.1. The first-order valence-electron chi connectivity index (χ1n) is 10.1. The number of β-amino-alcohol motifs (C(OH)–C–C–N with tert-alkyl or cyclic N) is 1. The molecule has 0 spiro atoms. The van der Waals surface area contributed by atoms with Crippen molar-refractivity contribution >= 4 is 11.7 Å². The maximum Gasteiger partial charge on any atom is 0.239 e. The van der Waals surface area contributed by atoms with E-state index in [1.54, 1.807) is 13.0 Å². The summed E-state index contributed by atoms with van der Waals surface area (Å²) < 4.78 is 10.6. The number of aliphatic hydroxyl groups is 1. The van der Waals surface area contributed by atoms with Crippen LogP contribution in [0, 0.1) is 6.92 Å². The maximum absolute atomic E-state index is 12.1. The smallest absolute Gasteiger partial charge is 0.239 e. The van der Waals surface area contributed by atoms with Gasteiger partial charge in [0.05, 0.1) is 6.54 Å². The Morgan fingerprint density at radius 1 is 1.24 bits per heavy atom. The third-order valence-electron chi connectivity index (χ3n) is 4.97. The molecule has 1 aromatic heterocycles. The average Bonchev–Trinajstić information content (AvgIpc) is 3.12. The van der Waals surface area contributed by atoms with Crippen molar-refractivity contribution in [3.8, 4) is 5.75 Å². The van der Waals surface area contributed by atoms with E-state index in [1.807, 2.05) is 24.3 Å². The fourth-order valence-electron chi connectivity index (χ4n) is 3.31. The number of benzene rings is 1. The topological polar surface area (TPSA) is 91.1 Å². The van der Waals surface area contributed by atoms with Crippen molar-refractivity contribution in [3.63, 3.8) is 0 Å². The summed E-state index contributed by atoms with van der Waals surface area (Å²) in [5.74, 6) is 1.78. The Kier molecular flexibility index (Phi) is 7.62. The van der Waals surface area contributed by atoms with Crippen molar-refractivity contribution in [3.05, 3.63) is 41.7 Å². The highest BCUT2D eigenvalue weighted by Crippen LogP contribution is 2.13.